The number of aliphatic imine (C=N–C) groups is 1. The molecule has 2 aromatic rings. The van der Waals surface area contributed by atoms with E-state index in [1.165, 1.54) is 24.1 Å². The number of amides is 1. The van der Waals surface area contributed by atoms with Crippen LogP contribution < -0.4 is 9.47 Å². The van der Waals surface area contributed by atoms with E-state index in [-0.39, 0.29) is 27.5 Å². The summed E-state index contributed by atoms with van der Waals surface area (Å²) in [6, 6.07) is 12.9. The number of aryl methyl sites for hydroxylation is 2. The highest BCUT2D eigenvalue weighted by Gasteiger charge is 2.42. The van der Waals surface area contributed by atoms with E-state index >= 15 is 0 Å². The van der Waals surface area contributed by atoms with Crippen LogP contribution in [-0.2, 0) is 14.6 Å². The van der Waals surface area contributed by atoms with Gasteiger partial charge in [0.2, 0.25) is 20.2 Å². The molecule has 4 rings (SSSR count). The lowest BCUT2D eigenvalue weighted by atomic mass is 10.1. The summed E-state index contributed by atoms with van der Waals surface area (Å²) in [5.74, 6) is 0.349. The maximum Gasteiger partial charge on any atom is 0.283 e. The van der Waals surface area contributed by atoms with Crippen LogP contribution in [0.2, 0.25) is 0 Å². The van der Waals surface area contributed by atoms with E-state index in [0.717, 1.165) is 22.6 Å². The fourth-order valence-corrected chi connectivity index (χ4v) is 5.24. The summed E-state index contributed by atoms with van der Waals surface area (Å²) < 4.78 is 40.0. The first-order valence-electron chi connectivity index (χ1n) is 10.8. The van der Waals surface area contributed by atoms with Gasteiger partial charge < -0.3 is 9.47 Å². The van der Waals surface area contributed by atoms with Gasteiger partial charge in [0.15, 0.2) is 0 Å². The van der Waals surface area contributed by atoms with Crippen LogP contribution in [0.25, 0.3) is 6.08 Å². The van der Waals surface area contributed by atoms with Crippen molar-refractivity contribution >= 4 is 49.9 Å². The van der Waals surface area contributed by atoms with Gasteiger partial charge in [-0.25, -0.2) is 13.3 Å². The number of carbonyl (C=O) groups is 1. The quantitative estimate of drug-likeness (QED) is 0.340. The molecule has 0 bridgehead atoms. The number of rotatable bonds is 7. The van der Waals surface area contributed by atoms with Crippen LogP contribution >= 0.6 is 11.9 Å². The molecule has 2 heterocycles. The Bertz CT molecular complexity index is 1380. The predicted molar refractivity (Wildman–Crippen MR) is 138 cm³/mol. The fraction of sp³-hybridized carbons (Fsp3) is 0.250. The second-order valence-corrected chi connectivity index (χ2v) is 10.7. The topological polar surface area (TPSA) is 121 Å². The first kappa shape index (κ1) is 24.7. The number of nitrogens with one attached hydrogen (secondary N) is 1. The fourth-order valence-electron chi connectivity index (χ4n) is 3.28. The van der Waals surface area contributed by atoms with E-state index in [2.05, 4.69) is 9.39 Å². The summed E-state index contributed by atoms with van der Waals surface area (Å²) >= 11 is 0.773. The summed E-state index contributed by atoms with van der Waals surface area (Å²) in [6.45, 7) is 6.32. The lowest BCUT2D eigenvalue weighted by molar-refractivity contribution is -0.114. The van der Waals surface area contributed by atoms with Gasteiger partial charge in [0.1, 0.15) is 30.5 Å². The minimum absolute atomic E-state index is 0.0225. The number of hydrogen-bond donors (Lipinski definition) is 1. The van der Waals surface area contributed by atoms with Crippen LogP contribution in [0.4, 0.5) is 0 Å². The normalized spacial score (nSPS) is 16.8. The second kappa shape index (κ2) is 10.0. The Morgan fingerprint density at radius 2 is 1.69 bits per heavy atom. The molecule has 9 nitrogen and oxygen atoms in total. The zero-order valence-electron chi connectivity index (χ0n) is 19.4. The molecule has 35 heavy (non-hydrogen) atoms. The van der Waals surface area contributed by atoms with Crippen molar-refractivity contribution in [3.63, 3.8) is 0 Å². The van der Waals surface area contributed by atoms with Crippen LogP contribution in [0, 0.1) is 19.3 Å². The molecule has 0 aliphatic carbocycles. The van der Waals surface area contributed by atoms with Crippen molar-refractivity contribution < 1.29 is 22.7 Å². The number of sulfone groups is 1. The summed E-state index contributed by atoms with van der Waals surface area (Å²) in [5.41, 5.74) is 2.99. The van der Waals surface area contributed by atoms with Crippen molar-refractivity contribution in [1.82, 2.24) is 4.90 Å². The molecule has 0 unspecified atom stereocenters. The monoisotopic (exact) mass is 512 g/mol. The number of ether oxygens (including phenoxy) is 2. The molecule has 1 N–H and O–H groups in total. The highest BCUT2D eigenvalue weighted by Crippen LogP contribution is 2.30. The first-order valence-corrected chi connectivity index (χ1v) is 13.3. The number of hydrogen-bond acceptors (Lipinski definition) is 8. The Balaban J connectivity index is 1.40. The minimum atomic E-state index is -3.69. The van der Waals surface area contributed by atoms with Gasteiger partial charge in [-0.05, 0) is 60.9 Å². The van der Waals surface area contributed by atoms with Crippen molar-refractivity contribution in [2.75, 3.05) is 19.0 Å². The maximum atomic E-state index is 12.5. The number of nitrogens with zero attached hydrogens (tertiary/aromatic N) is 3. The van der Waals surface area contributed by atoms with Gasteiger partial charge in [-0.1, -0.05) is 25.1 Å². The molecule has 0 fully saturated rings. The minimum Gasteiger partial charge on any atom is -0.490 e. The van der Waals surface area contributed by atoms with Crippen LogP contribution in [-0.4, -0.2) is 54.4 Å². The molecule has 182 valence electrons. The molecule has 0 spiro atoms. The van der Waals surface area contributed by atoms with Crippen molar-refractivity contribution in [3.05, 3.63) is 64.7 Å². The van der Waals surface area contributed by atoms with Crippen LogP contribution in [0.5, 0.6) is 11.5 Å². The second-order valence-electron chi connectivity index (χ2n) is 7.82. The third-order valence-corrected chi connectivity index (χ3v) is 7.85. The Kier molecular flexibility index (Phi) is 7.08. The Morgan fingerprint density at radius 3 is 2.34 bits per heavy atom. The molecule has 0 radical (unpaired) electrons. The van der Waals surface area contributed by atoms with Crippen molar-refractivity contribution in [2.45, 2.75) is 20.8 Å². The molecule has 0 atom stereocenters. The smallest absolute Gasteiger partial charge is 0.283 e. The van der Waals surface area contributed by atoms with Gasteiger partial charge >= 0.3 is 0 Å². The summed E-state index contributed by atoms with van der Waals surface area (Å²) in [4.78, 5) is 17.5. The Morgan fingerprint density at radius 1 is 1.03 bits per heavy atom. The van der Waals surface area contributed by atoms with E-state index in [0.29, 0.717) is 24.5 Å². The van der Waals surface area contributed by atoms with Gasteiger partial charge in [-0.15, -0.1) is 0 Å². The third-order valence-electron chi connectivity index (χ3n) is 5.44. The molecule has 11 heteroatoms. The van der Waals surface area contributed by atoms with Crippen molar-refractivity contribution in [3.8, 4) is 11.5 Å². The highest BCUT2D eigenvalue weighted by molar-refractivity contribution is 8.16. The van der Waals surface area contributed by atoms with Gasteiger partial charge in [0, 0.05) is 0 Å². The van der Waals surface area contributed by atoms with E-state index in [9.17, 15) is 13.2 Å². The molecular weight excluding hydrogens is 488 g/mol. The van der Waals surface area contributed by atoms with E-state index in [1.54, 1.807) is 24.3 Å². The maximum absolute atomic E-state index is 12.5. The van der Waals surface area contributed by atoms with Crippen molar-refractivity contribution in [1.29, 1.82) is 5.41 Å². The van der Waals surface area contributed by atoms with Gasteiger partial charge in [0.25, 0.3) is 5.91 Å². The Labute approximate surface area is 208 Å². The average Bonchev–Trinajstić information content (AvgIpc) is 3.27. The summed E-state index contributed by atoms with van der Waals surface area (Å²) in [5, 5.41) is 8.23. The SMILES string of the molecule is CCS(=O)(=O)C1=NSC2=NC(=O)/C(=C\c3ccc(OCCOc4ccc(C)c(C)c4)cc3)C(=N)N21. The Hall–Kier alpha value is -3.44. The van der Waals surface area contributed by atoms with Crippen LogP contribution in [0.1, 0.15) is 23.6 Å². The molecule has 0 aromatic heterocycles. The van der Waals surface area contributed by atoms with Gasteiger partial charge in [0.05, 0.1) is 23.3 Å². The molecule has 2 aliphatic heterocycles. The van der Waals surface area contributed by atoms with E-state index < -0.39 is 15.7 Å². The highest BCUT2D eigenvalue weighted by atomic mass is 32.2. The van der Waals surface area contributed by atoms with E-state index in [4.69, 9.17) is 14.9 Å². The lowest BCUT2D eigenvalue weighted by Crippen LogP contribution is -2.45. The predicted octanol–water partition coefficient (Wildman–Crippen LogP) is 3.77. The summed E-state index contributed by atoms with van der Waals surface area (Å²) in [7, 11) is -3.69. The van der Waals surface area contributed by atoms with Crippen LogP contribution in [0.3, 0.4) is 0 Å². The molecule has 2 aromatic carbocycles. The van der Waals surface area contributed by atoms with Gasteiger partial charge in [-0.2, -0.15) is 9.39 Å². The number of benzene rings is 2. The number of amidine groups is 3. The molecule has 2 aliphatic rings. The van der Waals surface area contributed by atoms with Gasteiger partial charge in [-0.3, -0.25) is 10.2 Å². The van der Waals surface area contributed by atoms with Crippen molar-refractivity contribution in [2.24, 2.45) is 9.39 Å². The summed E-state index contributed by atoms with van der Waals surface area (Å²) in [6.07, 6.45) is 1.50. The third kappa shape index (κ3) is 5.30. The zero-order valence-corrected chi connectivity index (χ0v) is 21.1. The first-order chi connectivity index (χ1) is 16.7. The van der Waals surface area contributed by atoms with E-state index in [1.807, 2.05) is 32.0 Å². The largest absolute Gasteiger partial charge is 0.490 e. The molecule has 0 saturated carbocycles. The standard InChI is InChI=1S/C24H24N4O5S2/c1-4-35(30,31)24-27-34-23-26-22(29)20(21(25)28(23)24)14-17-6-9-18(10-7-17)32-11-12-33-19-8-5-15(2)16(3)13-19/h5-10,13-14,25H,4,11-12H2,1-3H3/b20-14-,25-21?. The number of fused-ring (bicyclic) bond motifs is 1. The zero-order chi connectivity index (χ0) is 25.2. The molecule has 1 amide bonds. The lowest BCUT2D eigenvalue weighted by Gasteiger charge is -2.24. The average molecular weight is 513 g/mol. The molecule has 0 saturated heterocycles. The van der Waals surface area contributed by atoms with Crippen LogP contribution in [0.15, 0.2) is 57.4 Å². The number of carbonyl (C=O) groups excluding carboxylic acids is 1. The molecular formula is C24H24N4O5S2.